The van der Waals surface area contributed by atoms with Gasteiger partial charge in [-0.2, -0.15) is 8.42 Å². The maximum absolute atomic E-state index is 13.3. The maximum Gasteiger partial charge on any atom is 0.333 e. The molecule has 190 valence electrons. The number of nitrogens with zero attached hydrogens (tertiary/aromatic N) is 3. The van der Waals surface area contributed by atoms with Gasteiger partial charge >= 0.3 is 10.3 Å². The lowest BCUT2D eigenvalue weighted by molar-refractivity contribution is 0.101. The summed E-state index contributed by atoms with van der Waals surface area (Å²) in [6.07, 6.45) is 2.88. The van der Waals surface area contributed by atoms with Crippen LogP contribution in [0.4, 0.5) is 5.82 Å². The molecule has 0 amide bonds. The number of nitrogens with one attached hydrogen (secondary N) is 1. The smallest absolute Gasteiger partial charge is 0.333 e. The van der Waals surface area contributed by atoms with Crippen molar-refractivity contribution in [2.45, 2.75) is 44.6 Å². The van der Waals surface area contributed by atoms with Gasteiger partial charge < -0.3 is 10.4 Å². The van der Waals surface area contributed by atoms with E-state index in [-0.39, 0.29) is 18.4 Å². The minimum atomic E-state index is -4.08. The molecule has 0 spiro atoms. The van der Waals surface area contributed by atoms with Crippen LogP contribution in [-0.4, -0.2) is 52.9 Å². The number of nitrogens with two attached hydrogens (primary N) is 1. The first-order valence-electron chi connectivity index (χ1n) is 11.6. The third-order valence-corrected chi connectivity index (χ3v) is 8.03. The second kappa shape index (κ2) is 10.3. The predicted molar refractivity (Wildman–Crippen MR) is 134 cm³/mol. The second-order valence-corrected chi connectivity index (χ2v) is 11.4. The molecule has 3 aromatic rings. The highest BCUT2D eigenvalue weighted by molar-refractivity contribution is 7.84. The highest BCUT2D eigenvalue weighted by Gasteiger charge is 2.35. The lowest BCUT2D eigenvalue weighted by atomic mass is 10.1. The molecule has 1 saturated carbocycles. The summed E-state index contributed by atoms with van der Waals surface area (Å²) in [5, 5.41) is 20.4. The quantitative estimate of drug-likeness (QED) is 0.354. The number of aliphatic hydroxyl groups is 1. The van der Waals surface area contributed by atoms with Crippen LogP contribution in [0.3, 0.4) is 0 Å². The molecule has 0 saturated heterocycles. The number of carbonyl (C=O) groups excluding carboxylic acids is 1. The predicted octanol–water partition coefficient (Wildman–Crippen LogP) is 2.06. The average Bonchev–Trinajstić information content (AvgIpc) is 3.55. The third kappa shape index (κ3) is 5.80. The molecular weight excluding hydrogens is 502 g/mol. The van der Waals surface area contributed by atoms with Gasteiger partial charge in [-0.05, 0) is 41.0 Å². The van der Waals surface area contributed by atoms with Gasteiger partial charge in [-0.25, -0.2) is 15.1 Å². The summed E-state index contributed by atoms with van der Waals surface area (Å²) in [4.78, 5) is 24.6. The molecule has 4 N–H and O–H groups in total. The normalized spacial score (nSPS) is 22.0. The van der Waals surface area contributed by atoms with Crippen LogP contribution in [0.15, 0.2) is 48.2 Å². The zero-order valence-corrected chi connectivity index (χ0v) is 21.0. The Balaban J connectivity index is 1.23. The number of hydrogen-bond donors (Lipinski definition) is 3. The summed E-state index contributed by atoms with van der Waals surface area (Å²) in [6, 6.07) is 10.1. The van der Waals surface area contributed by atoms with Crippen molar-refractivity contribution in [1.82, 2.24) is 14.9 Å². The number of anilines is 1. The molecule has 2 aromatic heterocycles. The van der Waals surface area contributed by atoms with E-state index < -0.39 is 22.3 Å². The van der Waals surface area contributed by atoms with Crippen LogP contribution >= 0.6 is 11.3 Å². The highest BCUT2D eigenvalue weighted by Crippen LogP contribution is 2.31. The topological polar surface area (TPSA) is 148 Å². The highest BCUT2D eigenvalue weighted by atomic mass is 32.2. The Morgan fingerprint density at radius 2 is 2.00 bits per heavy atom. The van der Waals surface area contributed by atoms with Gasteiger partial charge in [0, 0.05) is 37.8 Å². The van der Waals surface area contributed by atoms with E-state index in [0.717, 1.165) is 25.2 Å². The first kappa shape index (κ1) is 24.9. The minimum absolute atomic E-state index is 0.174. The van der Waals surface area contributed by atoms with Gasteiger partial charge in [-0.3, -0.25) is 13.9 Å². The van der Waals surface area contributed by atoms with E-state index in [1.54, 1.807) is 0 Å². The molecule has 3 heterocycles. The molecule has 1 aromatic carbocycles. The molecular formula is C24H27N5O5S2. The SMILES string of the molecule is NS(=O)(=O)OC[C@H]1C[C@@H](Nc2ncncc2C(=O)c2cc(CN3Cc4ccccc4C3)cs2)C[C@@H]1O. The largest absolute Gasteiger partial charge is 0.393 e. The van der Waals surface area contributed by atoms with Crippen molar-refractivity contribution < 1.29 is 22.5 Å². The summed E-state index contributed by atoms with van der Waals surface area (Å²) >= 11 is 1.40. The lowest BCUT2D eigenvalue weighted by Gasteiger charge is -2.15. The number of aromatic nitrogens is 2. The van der Waals surface area contributed by atoms with E-state index in [9.17, 15) is 18.3 Å². The van der Waals surface area contributed by atoms with Crippen LogP contribution in [-0.2, 0) is 34.1 Å². The summed E-state index contributed by atoms with van der Waals surface area (Å²) in [6.45, 7) is 2.35. The Hall–Kier alpha value is -2.74. The second-order valence-electron chi connectivity index (χ2n) is 9.26. The Morgan fingerprint density at radius 3 is 2.72 bits per heavy atom. The fraction of sp³-hybridized carbons (Fsp3) is 0.375. The van der Waals surface area contributed by atoms with E-state index in [1.165, 1.54) is 35.0 Å². The van der Waals surface area contributed by atoms with Gasteiger partial charge in [-0.1, -0.05) is 24.3 Å². The first-order chi connectivity index (χ1) is 17.2. The monoisotopic (exact) mass is 529 g/mol. The number of rotatable bonds is 9. The van der Waals surface area contributed by atoms with Crippen molar-refractivity contribution in [3.8, 4) is 0 Å². The summed E-state index contributed by atoms with van der Waals surface area (Å²) in [5.74, 6) is -0.199. The lowest BCUT2D eigenvalue weighted by Crippen LogP contribution is -2.24. The fourth-order valence-electron chi connectivity index (χ4n) is 4.87. The number of aliphatic hydroxyl groups excluding tert-OH is 1. The Bertz CT molecular complexity index is 1340. The minimum Gasteiger partial charge on any atom is -0.393 e. The molecule has 3 atom stereocenters. The van der Waals surface area contributed by atoms with E-state index in [2.05, 4.69) is 48.6 Å². The number of carbonyl (C=O) groups is 1. The van der Waals surface area contributed by atoms with Crippen LogP contribution < -0.4 is 10.5 Å². The van der Waals surface area contributed by atoms with E-state index in [4.69, 9.17) is 5.14 Å². The molecule has 10 nitrogen and oxygen atoms in total. The van der Waals surface area contributed by atoms with Gasteiger partial charge in [0.1, 0.15) is 12.1 Å². The molecule has 12 heteroatoms. The van der Waals surface area contributed by atoms with Gasteiger partial charge in [0.05, 0.1) is 23.2 Å². The standard InChI is InChI=1S/C24H27N5O5S2/c25-36(32,33)34-12-18-6-19(7-21(18)30)28-24-20(8-26-14-27-24)23(31)22-5-15(13-35-22)9-29-10-16-3-1-2-4-17(16)11-29/h1-5,8,13-14,18-19,21,30H,6-7,9-12H2,(H2,25,32,33)(H,26,27,28)/t18-,19-,21+/m1/s1. The molecule has 0 bridgehead atoms. The average molecular weight is 530 g/mol. The summed E-state index contributed by atoms with van der Waals surface area (Å²) in [5.41, 5.74) is 4.12. The number of thiophene rings is 1. The number of hydrogen-bond acceptors (Lipinski definition) is 10. The molecule has 1 fully saturated rings. The molecule has 5 rings (SSSR count). The van der Waals surface area contributed by atoms with Gasteiger partial charge in [-0.15, -0.1) is 11.3 Å². The van der Waals surface area contributed by atoms with E-state index in [0.29, 0.717) is 29.1 Å². The number of ketones is 1. The van der Waals surface area contributed by atoms with Crippen LogP contribution in [0, 0.1) is 5.92 Å². The van der Waals surface area contributed by atoms with Crippen LogP contribution in [0.25, 0.3) is 0 Å². The van der Waals surface area contributed by atoms with Crippen molar-refractivity contribution in [2.75, 3.05) is 11.9 Å². The van der Waals surface area contributed by atoms with Gasteiger partial charge in [0.2, 0.25) is 5.78 Å². The molecule has 0 radical (unpaired) electrons. The van der Waals surface area contributed by atoms with Crippen LogP contribution in [0.5, 0.6) is 0 Å². The van der Waals surface area contributed by atoms with Crippen molar-refractivity contribution in [3.05, 3.63) is 75.4 Å². The fourth-order valence-corrected chi connectivity index (χ4v) is 6.09. The molecule has 1 aliphatic carbocycles. The van der Waals surface area contributed by atoms with E-state index >= 15 is 0 Å². The van der Waals surface area contributed by atoms with Crippen molar-refractivity contribution in [1.29, 1.82) is 0 Å². The summed E-state index contributed by atoms with van der Waals surface area (Å²) < 4.78 is 26.8. The van der Waals surface area contributed by atoms with Crippen LogP contribution in [0.2, 0.25) is 0 Å². The molecule has 0 unspecified atom stereocenters. The van der Waals surface area contributed by atoms with Crippen molar-refractivity contribution in [3.63, 3.8) is 0 Å². The van der Waals surface area contributed by atoms with Crippen LogP contribution in [0.1, 0.15) is 44.8 Å². The van der Waals surface area contributed by atoms with Crippen molar-refractivity contribution >= 4 is 33.2 Å². The van der Waals surface area contributed by atoms with E-state index in [1.807, 2.05) is 11.4 Å². The Labute approximate surface area is 213 Å². The number of fused-ring (bicyclic) bond motifs is 1. The Kier molecular flexibility index (Phi) is 7.15. The Morgan fingerprint density at radius 1 is 1.25 bits per heavy atom. The van der Waals surface area contributed by atoms with Gasteiger partial charge in [0.25, 0.3) is 0 Å². The zero-order valence-electron chi connectivity index (χ0n) is 19.4. The number of benzene rings is 1. The molecule has 1 aliphatic heterocycles. The third-order valence-electron chi connectivity index (χ3n) is 6.59. The first-order valence-corrected chi connectivity index (χ1v) is 13.9. The summed E-state index contributed by atoms with van der Waals surface area (Å²) in [7, 11) is -4.08. The molecule has 2 aliphatic rings. The maximum atomic E-state index is 13.3. The van der Waals surface area contributed by atoms with Gasteiger partial charge in [0.15, 0.2) is 0 Å². The van der Waals surface area contributed by atoms with Crippen molar-refractivity contribution in [2.24, 2.45) is 11.1 Å². The molecule has 36 heavy (non-hydrogen) atoms. The zero-order chi connectivity index (χ0) is 25.3.